The third kappa shape index (κ3) is 5.71. The first-order valence-electron chi connectivity index (χ1n) is 6.28. The Balaban J connectivity index is 1.95. The summed E-state index contributed by atoms with van der Waals surface area (Å²) >= 11 is 0. The molecule has 0 radical (unpaired) electrons. The van der Waals surface area contributed by atoms with Gasteiger partial charge >= 0.3 is 0 Å². The van der Waals surface area contributed by atoms with Crippen molar-refractivity contribution in [3.63, 3.8) is 0 Å². The molecular formula is C13H22O2. The lowest BCUT2D eigenvalue weighted by Gasteiger charge is -2.00. The van der Waals surface area contributed by atoms with Crippen LogP contribution in [0.15, 0.2) is 0 Å². The highest BCUT2D eigenvalue weighted by Gasteiger charge is 2.30. The molecule has 0 amide bonds. The van der Waals surface area contributed by atoms with Crippen LogP contribution in [-0.2, 0) is 9.59 Å². The van der Waals surface area contributed by atoms with E-state index in [0.717, 1.165) is 25.7 Å². The van der Waals surface area contributed by atoms with Crippen LogP contribution in [0.1, 0.15) is 64.7 Å². The van der Waals surface area contributed by atoms with Crippen LogP contribution in [0.5, 0.6) is 0 Å². The van der Waals surface area contributed by atoms with E-state index in [-0.39, 0.29) is 23.9 Å². The molecule has 0 aromatic carbocycles. The number of hydrogen-bond acceptors (Lipinski definition) is 2. The highest BCUT2D eigenvalue weighted by atomic mass is 16.1. The average molecular weight is 210 g/mol. The predicted molar refractivity (Wildman–Crippen MR) is 60.7 cm³/mol. The van der Waals surface area contributed by atoms with Crippen LogP contribution in [0.2, 0.25) is 0 Å². The molecular weight excluding hydrogens is 188 g/mol. The molecule has 0 aromatic heterocycles. The second kappa shape index (κ2) is 6.76. The van der Waals surface area contributed by atoms with E-state index in [1.54, 1.807) is 0 Å². The van der Waals surface area contributed by atoms with Crippen molar-refractivity contribution < 1.29 is 9.59 Å². The Morgan fingerprint density at radius 3 is 2.33 bits per heavy atom. The summed E-state index contributed by atoms with van der Waals surface area (Å²) in [4.78, 5) is 22.7. The summed E-state index contributed by atoms with van der Waals surface area (Å²) in [6, 6.07) is 0. The Morgan fingerprint density at radius 2 is 1.73 bits per heavy atom. The van der Waals surface area contributed by atoms with Crippen LogP contribution in [0.4, 0.5) is 0 Å². The van der Waals surface area contributed by atoms with Crippen molar-refractivity contribution >= 4 is 11.6 Å². The van der Waals surface area contributed by atoms with E-state index in [9.17, 15) is 9.59 Å². The van der Waals surface area contributed by atoms with Gasteiger partial charge in [-0.1, -0.05) is 32.6 Å². The molecule has 0 atom stereocenters. The molecule has 0 bridgehead atoms. The first kappa shape index (κ1) is 12.4. The van der Waals surface area contributed by atoms with Gasteiger partial charge in [-0.05, 0) is 19.3 Å². The SMILES string of the molecule is CCCCCCCC(=O)CC(=O)C1CC1. The van der Waals surface area contributed by atoms with E-state index in [0.29, 0.717) is 6.42 Å². The molecule has 0 heterocycles. The lowest BCUT2D eigenvalue weighted by molar-refractivity contribution is -0.127. The molecule has 0 spiro atoms. The molecule has 1 rings (SSSR count). The fourth-order valence-corrected chi connectivity index (χ4v) is 1.76. The highest BCUT2D eigenvalue weighted by Crippen LogP contribution is 2.31. The molecule has 2 nitrogen and oxygen atoms in total. The minimum absolute atomic E-state index is 0.156. The minimum Gasteiger partial charge on any atom is -0.299 e. The summed E-state index contributed by atoms with van der Waals surface area (Å²) in [7, 11) is 0. The zero-order chi connectivity index (χ0) is 11.1. The Kier molecular flexibility index (Phi) is 5.59. The second-order valence-electron chi connectivity index (χ2n) is 4.62. The van der Waals surface area contributed by atoms with Crippen molar-refractivity contribution in [3.05, 3.63) is 0 Å². The van der Waals surface area contributed by atoms with Crippen LogP contribution in [0, 0.1) is 5.92 Å². The van der Waals surface area contributed by atoms with Gasteiger partial charge in [0.25, 0.3) is 0 Å². The van der Waals surface area contributed by atoms with E-state index in [4.69, 9.17) is 0 Å². The summed E-state index contributed by atoms with van der Waals surface area (Å²) in [6.45, 7) is 2.18. The summed E-state index contributed by atoms with van der Waals surface area (Å²) in [5, 5.41) is 0. The van der Waals surface area contributed by atoms with Crippen LogP contribution in [-0.4, -0.2) is 11.6 Å². The maximum Gasteiger partial charge on any atom is 0.143 e. The van der Waals surface area contributed by atoms with Gasteiger partial charge in [-0.3, -0.25) is 9.59 Å². The van der Waals surface area contributed by atoms with Crippen molar-refractivity contribution in [2.24, 2.45) is 5.92 Å². The second-order valence-corrected chi connectivity index (χ2v) is 4.62. The number of rotatable bonds is 9. The Bertz CT molecular complexity index is 217. The van der Waals surface area contributed by atoms with E-state index in [1.165, 1.54) is 19.3 Å². The van der Waals surface area contributed by atoms with E-state index < -0.39 is 0 Å². The Labute approximate surface area is 92.4 Å². The van der Waals surface area contributed by atoms with Gasteiger partial charge in [0.15, 0.2) is 0 Å². The predicted octanol–water partition coefficient (Wildman–Crippen LogP) is 3.29. The van der Waals surface area contributed by atoms with Gasteiger partial charge in [0.05, 0.1) is 6.42 Å². The molecule has 0 aliphatic heterocycles. The molecule has 1 saturated carbocycles. The van der Waals surface area contributed by atoms with Gasteiger partial charge in [0.1, 0.15) is 11.6 Å². The standard InChI is InChI=1S/C13H22O2/c1-2-3-4-5-6-7-12(14)10-13(15)11-8-9-11/h11H,2-10H2,1H3. The van der Waals surface area contributed by atoms with E-state index in [2.05, 4.69) is 6.92 Å². The Hall–Kier alpha value is -0.660. The molecule has 0 saturated heterocycles. The molecule has 86 valence electrons. The van der Waals surface area contributed by atoms with E-state index in [1.807, 2.05) is 0 Å². The first-order valence-corrected chi connectivity index (χ1v) is 6.28. The topological polar surface area (TPSA) is 34.1 Å². The fourth-order valence-electron chi connectivity index (χ4n) is 1.76. The lowest BCUT2D eigenvalue weighted by Crippen LogP contribution is -2.09. The number of unbranched alkanes of at least 4 members (excludes halogenated alkanes) is 4. The lowest BCUT2D eigenvalue weighted by atomic mass is 10.0. The number of Topliss-reactive ketones (excluding diaryl/α,β-unsaturated/α-hetero) is 2. The third-order valence-corrected chi connectivity index (χ3v) is 2.96. The molecule has 0 unspecified atom stereocenters. The third-order valence-electron chi connectivity index (χ3n) is 2.96. The number of carbonyl (C=O) groups excluding carboxylic acids is 2. The molecule has 15 heavy (non-hydrogen) atoms. The van der Waals surface area contributed by atoms with Crippen LogP contribution >= 0.6 is 0 Å². The van der Waals surface area contributed by atoms with Crippen molar-refractivity contribution in [2.75, 3.05) is 0 Å². The van der Waals surface area contributed by atoms with Gasteiger partial charge < -0.3 is 0 Å². The first-order chi connectivity index (χ1) is 7.24. The van der Waals surface area contributed by atoms with Gasteiger partial charge in [0, 0.05) is 12.3 Å². The highest BCUT2D eigenvalue weighted by molar-refractivity contribution is 6.00. The van der Waals surface area contributed by atoms with Crippen LogP contribution < -0.4 is 0 Å². The molecule has 1 fully saturated rings. The van der Waals surface area contributed by atoms with Crippen molar-refractivity contribution in [2.45, 2.75) is 64.7 Å². The fraction of sp³-hybridized carbons (Fsp3) is 0.846. The molecule has 0 N–H and O–H groups in total. The number of ketones is 2. The smallest absolute Gasteiger partial charge is 0.143 e. The van der Waals surface area contributed by atoms with Gasteiger partial charge in [-0.15, -0.1) is 0 Å². The van der Waals surface area contributed by atoms with Gasteiger partial charge in [-0.25, -0.2) is 0 Å². The molecule has 2 heteroatoms. The maximum atomic E-state index is 11.4. The summed E-state index contributed by atoms with van der Waals surface area (Å²) < 4.78 is 0. The maximum absolute atomic E-state index is 11.4. The zero-order valence-corrected chi connectivity index (χ0v) is 9.76. The summed E-state index contributed by atoms with van der Waals surface area (Å²) in [5.74, 6) is 0.589. The van der Waals surface area contributed by atoms with Crippen molar-refractivity contribution in [1.82, 2.24) is 0 Å². The van der Waals surface area contributed by atoms with Crippen LogP contribution in [0.3, 0.4) is 0 Å². The van der Waals surface area contributed by atoms with E-state index >= 15 is 0 Å². The number of hydrogen-bond donors (Lipinski definition) is 0. The van der Waals surface area contributed by atoms with Crippen LogP contribution in [0.25, 0.3) is 0 Å². The Morgan fingerprint density at radius 1 is 1.07 bits per heavy atom. The quantitative estimate of drug-likeness (QED) is 0.432. The largest absolute Gasteiger partial charge is 0.299 e. The monoisotopic (exact) mass is 210 g/mol. The number of carbonyl (C=O) groups is 2. The molecule has 0 aromatic rings. The summed E-state index contributed by atoms with van der Waals surface area (Å²) in [6.07, 6.45) is 8.67. The normalized spacial score (nSPS) is 15.3. The van der Waals surface area contributed by atoms with Gasteiger partial charge in [0.2, 0.25) is 0 Å². The zero-order valence-electron chi connectivity index (χ0n) is 9.76. The molecule has 1 aliphatic rings. The summed E-state index contributed by atoms with van der Waals surface area (Å²) in [5.41, 5.74) is 0. The van der Waals surface area contributed by atoms with Crippen molar-refractivity contribution in [3.8, 4) is 0 Å². The minimum atomic E-state index is 0.156. The average Bonchev–Trinajstić information content (AvgIpc) is 3.00. The molecule has 1 aliphatic carbocycles. The van der Waals surface area contributed by atoms with Gasteiger partial charge in [-0.2, -0.15) is 0 Å². The van der Waals surface area contributed by atoms with Crippen molar-refractivity contribution in [1.29, 1.82) is 0 Å².